The van der Waals surface area contributed by atoms with Crippen molar-refractivity contribution < 1.29 is 9.59 Å². The Morgan fingerprint density at radius 3 is 2.30 bits per heavy atom. The minimum Gasteiger partial charge on any atom is -0.324 e. The number of carbonyl (C=O) groups excluding carboxylic acids is 2. The highest BCUT2D eigenvalue weighted by Crippen LogP contribution is 2.29. The van der Waals surface area contributed by atoms with Gasteiger partial charge < -0.3 is 5.32 Å². The molecule has 1 N–H and O–H groups in total. The van der Waals surface area contributed by atoms with Gasteiger partial charge in [-0.1, -0.05) is 76.6 Å². The maximum absolute atomic E-state index is 12.8. The van der Waals surface area contributed by atoms with E-state index in [1.165, 1.54) is 0 Å². The minimum atomic E-state index is -0.191. The third kappa shape index (κ3) is 3.17. The number of fused-ring (bicyclic) bond motifs is 1. The molecule has 0 fully saturated rings. The van der Waals surface area contributed by atoms with Crippen LogP contribution in [0.1, 0.15) is 15.9 Å². The maximum Gasteiger partial charge on any atom is 0.235 e. The molecule has 0 spiro atoms. The summed E-state index contributed by atoms with van der Waals surface area (Å²) in [6.45, 7) is 0. The van der Waals surface area contributed by atoms with E-state index in [0.29, 0.717) is 16.8 Å². The smallest absolute Gasteiger partial charge is 0.235 e. The molecule has 114 valence electrons. The van der Waals surface area contributed by atoms with Crippen LogP contribution in [0.3, 0.4) is 0 Å². The van der Waals surface area contributed by atoms with E-state index in [1.54, 1.807) is 18.2 Å². The van der Waals surface area contributed by atoms with Crippen LogP contribution in [0.4, 0.5) is 5.69 Å². The predicted octanol–water partition coefficient (Wildman–Crippen LogP) is 4.40. The molecule has 0 bridgehead atoms. The highest BCUT2D eigenvalue weighted by molar-refractivity contribution is 9.09. The van der Waals surface area contributed by atoms with Gasteiger partial charge in [0, 0.05) is 16.5 Å². The third-order valence-corrected chi connectivity index (χ3v) is 4.10. The lowest BCUT2D eigenvalue weighted by Gasteiger charge is -2.13. The van der Waals surface area contributed by atoms with Crippen LogP contribution in [0, 0.1) is 0 Å². The number of hydrogen-bond acceptors (Lipinski definition) is 2. The second kappa shape index (κ2) is 6.75. The van der Waals surface area contributed by atoms with Gasteiger partial charge in [-0.2, -0.15) is 0 Å². The van der Waals surface area contributed by atoms with Crippen molar-refractivity contribution in [3.05, 3.63) is 77.9 Å². The summed E-state index contributed by atoms with van der Waals surface area (Å²) >= 11 is 3.15. The van der Waals surface area contributed by atoms with Crippen LogP contribution in [0.25, 0.3) is 10.8 Å². The number of hydrogen-bond donors (Lipinski definition) is 1. The van der Waals surface area contributed by atoms with Crippen molar-refractivity contribution in [2.24, 2.45) is 0 Å². The lowest BCUT2D eigenvalue weighted by Crippen LogP contribution is -2.16. The van der Waals surface area contributed by atoms with Crippen LogP contribution in [-0.4, -0.2) is 17.0 Å². The van der Waals surface area contributed by atoms with Crippen LogP contribution in [-0.2, 0) is 4.79 Å². The Labute approximate surface area is 142 Å². The number of amides is 1. The van der Waals surface area contributed by atoms with E-state index >= 15 is 0 Å². The molecule has 3 nitrogen and oxygen atoms in total. The molecule has 0 saturated heterocycles. The first kappa shape index (κ1) is 15.4. The summed E-state index contributed by atoms with van der Waals surface area (Å²) in [5.41, 5.74) is 1.64. The van der Waals surface area contributed by atoms with Crippen molar-refractivity contribution in [1.29, 1.82) is 0 Å². The molecule has 0 saturated carbocycles. The molecule has 0 unspecified atom stereocenters. The zero-order chi connectivity index (χ0) is 16.2. The van der Waals surface area contributed by atoms with Crippen LogP contribution in [0.5, 0.6) is 0 Å². The van der Waals surface area contributed by atoms with Crippen molar-refractivity contribution in [3.63, 3.8) is 0 Å². The second-order valence-corrected chi connectivity index (χ2v) is 5.65. The topological polar surface area (TPSA) is 46.2 Å². The van der Waals surface area contributed by atoms with Gasteiger partial charge in [0.2, 0.25) is 5.91 Å². The van der Waals surface area contributed by atoms with Gasteiger partial charge in [0.25, 0.3) is 0 Å². The van der Waals surface area contributed by atoms with E-state index in [0.717, 1.165) is 10.8 Å². The van der Waals surface area contributed by atoms with Crippen molar-refractivity contribution in [3.8, 4) is 0 Å². The zero-order valence-electron chi connectivity index (χ0n) is 12.3. The van der Waals surface area contributed by atoms with Gasteiger partial charge in [0.05, 0.1) is 11.0 Å². The van der Waals surface area contributed by atoms with Crippen molar-refractivity contribution in [2.45, 2.75) is 0 Å². The van der Waals surface area contributed by atoms with Crippen molar-refractivity contribution in [2.75, 3.05) is 10.6 Å². The average molecular weight is 368 g/mol. The number of carbonyl (C=O) groups is 2. The highest BCUT2D eigenvalue weighted by atomic mass is 79.9. The second-order valence-electron chi connectivity index (χ2n) is 5.09. The molecule has 3 aromatic carbocycles. The summed E-state index contributed by atoms with van der Waals surface area (Å²) in [5.74, 6) is -0.301. The number of halogens is 1. The van der Waals surface area contributed by atoms with Crippen LogP contribution >= 0.6 is 15.9 Å². The fraction of sp³-hybridized carbons (Fsp3) is 0.0526. The summed E-state index contributed by atoms with van der Waals surface area (Å²) in [7, 11) is 0. The Balaban J connectivity index is 2.17. The molecule has 3 aromatic rings. The Bertz CT molecular complexity index is 875. The average Bonchev–Trinajstić information content (AvgIpc) is 2.62. The van der Waals surface area contributed by atoms with Crippen LogP contribution < -0.4 is 5.32 Å². The molecule has 0 aromatic heterocycles. The molecule has 0 radical (unpaired) electrons. The Morgan fingerprint density at radius 1 is 0.870 bits per heavy atom. The molecule has 0 heterocycles. The Hall–Kier alpha value is -2.46. The number of alkyl halides is 1. The largest absolute Gasteiger partial charge is 0.324 e. The Kier molecular flexibility index (Phi) is 4.53. The summed E-state index contributed by atoms with van der Waals surface area (Å²) in [6.07, 6.45) is 0. The maximum atomic E-state index is 12.8. The SMILES string of the molecule is O=C(CBr)Nc1c(C(=O)c2ccccc2)ccc2ccccc12. The first-order valence-corrected chi connectivity index (χ1v) is 8.30. The molecule has 3 rings (SSSR count). The zero-order valence-corrected chi connectivity index (χ0v) is 13.8. The molecular formula is C19H14BrNO2. The van der Waals surface area contributed by atoms with Crippen molar-refractivity contribution >= 4 is 44.1 Å². The molecule has 0 aliphatic heterocycles. The van der Waals surface area contributed by atoms with E-state index in [1.807, 2.05) is 48.5 Å². The normalized spacial score (nSPS) is 10.5. The first-order chi connectivity index (χ1) is 11.2. The van der Waals surface area contributed by atoms with E-state index < -0.39 is 0 Å². The van der Waals surface area contributed by atoms with E-state index in [9.17, 15) is 9.59 Å². The number of nitrogens with one attached hydrogen (secondary N) is 1. The fourth-order valence-corrected chi connectivity index (χ4v) is 2.65. The van der Waals surface area contributed by atoms with Gasteiger partial charge in [-0.05, 0) is 11.5 Å². The van der Waals surface area contributed by atoms with Gasteiger partial charge in [0.1, 0.15) is 0 Å². The standard InChI is InChI=1S/C19H14BrNO2/c20-12-17(22)21-18-15-9-5-4-6-13(15)10-11-16(18)19(23)14-7-2-1-3-8-14/h1-11H,12H2,(H,21,22). The quantitative estimate of drug-likeness (QED) is 0.548. The van der Waals surface area contributed by atoms with E-state index in [-0.39, 0.29) is 17.0 Å². The van der Waals surface area contributed by atoms with Crippen LogP contribution in [0.2, 0.25) is 0 Å². The van der Waals surface area contributed by atoms with E-state index in [4.69, 9.17) is 0 Å². The number of benzene rings is 3. The summed E-state index contributed by atoms with van der Waals surface area (Å²) in [5, 5.41) is 4.85. The third-order valence-electron chi connectivity index (χ3n) is 3.60. The summed E-state index contributed by atoms with van der Waals surface area (Å²) < 4.78 is 0. The van der Waals surface area contributed by atoms with Gasteiger partial charge in [-0.3, -0.25) is 9.59 Å². The molecule has 4 heteroatoms. The molecule has 0 atom stereocenters. The minimum absolute atomic E-state index is 0.110. The molecule has 0 aliphatic rings. The summed E-state index contributed by atoms with van der Waals surface area (Å²) in [4.78, 5) is 24.7. The highest BCUT2D eigenvalue weighted by Gasteiger charge is 2.17. The number of anilines is 1. The molecular weight excluding hydrogens is 354 g/mol. The van der Waals surface area contributed by atoms with E-state index in [2.05, 4.69) is 21.2 Å². The fourth-order valence-electron chi connectivity index (χ4n) is 2.51. The summed E-state index contributed by atoms with van der Waals surface area (Å²) in [6, 6.07) is 20.4. The molecule has 1 amide bonds. The van der Waals surface area contributed by atoms with Crippen molar-refractivity contribution in [1.82, 2.24) is 0 Å². The molecule has 0 aliphatic carbocycles. The van der Waals surface area contributed by atoms with Gasteiger partial charge in [-0.15, -0.1) is 0 Å². The monoisotopic (exact) mass is 367 g/mol. The first-order valence-electron chi connectivity index (χ1n) is 7.18. The number of rotatable bonds is 4. The predicted molar refractivity (Wildman–Crippen MR) is 96.2 cm³/mol. The van der Waals surface area contributed by atoms with Gasteiger partial charge >= 0.3 is 0 Å². The molecule has 23 heavy (non-hydrogen) atoms. The Morgan fingerprint density at radius 2 is 1.57 bits per heavy atom. The van der Waals surface area contributed by atoms with Crippen LogP contribution in [0.15, 0.2) is 66.7 Å². The lowest BCUT2D eigenvalue weighted by atomic mass is 9.97. The number of ketones is 1. The lowest BCUT2D eigenvalue weighted by molar-refractivity contribution is -0.113. The van der Waals surface area contributed by atoms with Gasteiger partial charge in [0.15, 0.2) is 5.78 Å². The van der Waals surface area contributed by atoms with Gasteiger partial charge in [-0.25, -0.2) is 0 Å².